The molecule has 1 heterocycles. The van der Waals surface area contributed by atoms with Gasteiger partial charge < -0.3 is 10.1 Å². The zero-order chi connectivity index (χ0) is 20.6. The summed E-state index contributed by atoms with van der Waals surface area (Å²) in [7, 11) is 0. The third-order valence-corrected chi connectivity index (χ3v) is 4.02. The zero-order valence-corrected chi connectivity index (χ0v) is 16.2. The summed E-state index contributed by atoms with van der Waals surface area (Å²) in [4.78, 5) is 24.8. The van der Waals surface area contributed by atoms with Crippen molar-refractivity contribution in [1.29, 1.82) is 0 Å². The fourth-order valence-electron chi connectivity index (χ4n) is 2.60. The van der Waals surface area contributed by atoms with E-state index >= 15 is 0 Å². The smallest absolute Gasteiger partial charge is 0.330 e. The minimum atomic E-state index is -0.393. The second-order valence-electron chi connectivity index (χ2n) is 6.21. The van der Waals surface area contributed by atoms with Crippen LogP contribution in [-0.4, -0.2) is 38.7 Å². The van der Waals surface area contributed by atoms with Crippen molar-refractivity contribution in [2.45, 2.75) is 20.4 Å². The van der Waals surface area contributed by atoms with Crippen LogP contribution in [0.2, 0.25) is 0 Å². The van der Waals surface area contributed by atoms with Crippen molar-refractivity contribution in [2.24, 2.45) is 0 Å². The molecule has 0 atom stereocenters. The normalized spacial score (nSPS) is 10.8. The van der Waals surface area contributed by atoms with Crippen molar-refractivity contribution in [3.63, 3.8) is 0 Å². The third kappa shape index (κ3) is 5.58. The molecule has 148 valence electrons. The first-order valence-electron chi connectivity index (χ1n) is 9.13. The predicted octanol–water partition coefficient (Wildman–Crippen LogP) is 2.86. The lowest BCUT2D eigenvalue weighted by Gasteiger charge is -2.05. The van der Waals surface area contributed by atoms with Crippen molar-refractivity contribution in [3.8, 4) is 11.4 Å². The van der Waals surface area contributed by atoms with Crippen molar-refractivity contribution >= 4 is 23.6 Å². The van der Waals surface area contributed by atoms with Gasteiger partial charge in [-0.2, -0.15) is 4.80 Å². The molecule has 0 unspecified atom stereocenters. The lowest BCUT2D eigenvalue weighted by atomic mass is 10.1. The molecule has 2 aromatic carbocycles. The Bertz CT molecular complexity index is 1020. The van der Waals surface area contributed by atoms with E-state index in [1.54, 1.807) is 37.3 Å². The number of tetrazole rings is 1. The Morgan fingerprint density at radius 3 is 2.62 bits per heavy atom. The summed E-state index contributed by atoms with van der Waals surface area (Å²) in [6.45, 7) is 4.00. The first-order chi connectivity index (χ1) is 14.0. The highest BCUT2D eigenvalue weighted by atomic mass is 16.5. The van der Waals surface area contributed by atoms with Crippen LogP contribution in [0.5, 0.6) is 0 Å². The number of hydrogen-bond donors (Lipinski definition) is 1. The number of anilines is 1. The minimum Gasteiger partial charge on any atom is -0.463 e. The van der Waals surface area contributed by atoms with Gasteiger partial charge in [0.15, 0.2) is 0 Å². The number of carbonyl (C=O) groups is 2. The Morgan fingerprint density at radius 2 is 1.90 bits per heavy atom. The lowest BCUT2D eigenvalue weighted by Crippen LogP contribution is -2.20. The average molecular weight is 391 g/mol. The van der Waals surface area contributed by atoms with Gasteiger partial charge in [0.05, 0.1) is 6.61 Å². The quantitative estimate of drug-likeness (QED) is 0.491. The number of amides is 1. The molecule has 1 aromatic heterocycles. The van der Waals surface area contributed by atoms with E-state index in [9.17, 15) is 9.59 Å². The Kier molecular flexibility index (Phi) is 6.47. The molecule has 0 aliphatic rings. The largest absolute Gasteiger partial charge is 0.463 e. The molecule has 0 saturated heterocycles. The van der Waals surface area contributed by atoms with Gasteiger partial charge in [-0.1, -0.05) is 36.4 Å². The number of esters is 1. The Labute approximate surface area is 168 Å². The van der Waals surface area contributed by atoms with E-state index in [0.717, 1.165) is 16.7 Å². The number of ether oxygens (including phenoxy) is 1. The Morgan fingerprint density at radius 1 is 1.14 bits per heavy atom. The van der Waals surface area contributed by atoms with Crippen LogP contribution >= 0.6 is 0 Å². The van der Waals surface area contributed by atoms with Crippen LogP contribution in [0.15, 0.2) is 54.6 Å². The summed E-state index contributed by atoms with van der Waals surface area (Å²) in [5.74, 6) is -0.183. The summed E-state index contributed by atoms with van der Waals surface area (Å²) in [5, 5.41) is 15.0. The van der Waals surface area contributed by atoms with Crippen molar-refractivity contribution in [1.82, 2.24) is 20.2 Å². The van der Waals surface area contributed by atoms with Crippen molar-refractivity contribution < 1.29 is 14.3 Å². The molecule has 0 aliphatic heterocycles. The van der Waals surface area contributed by atoms with E-state index in [-0.39, 0.29) is 12.5 Å². The number of aryl methyl sites for hydroxylation is 1. The fourth-order valence-corrected chi connectivity index (χ4v) is 2.60. The maximum absolute atomic E-state index is 12.3. The van der Waals surface area contributed by atoms with Gasteiger partial charge in [0.2, 0.25) is 11.7 Å². The standard InChI is InChI=1S/C21H21N5O3/c1-3-29-20(28)13-10-16-8-11-17(12-9-16)22-19(27)14-26-24-21(23-25-26)18-7-5-4-6-15(18)2/h4-13H,3,14H2,1-2H3,(H,22,27)/b13-10+. The van der Waals surface area contributed by atoms with Gasteiger partial charge >= 0.3 is 5.97 Å². The Balaban J connectivity index is 1.57. The number of aromatic nitrogens is 4. The van der Waals surface area contributed by atoms with Crippen LogP contribution < -0.4 is 5.32 Å². The van der Waals surface area contributed by atoms with Gasteiger partial charge in [0.25, 0.3) is 0 Å². The first-order valence-corrected chi connectivity index (χ1v) is 9.13. The SMILES string of the molecule is CCOC(=O)/C=C/c1ccc(NC(=O)Cn2nnc(-c3ccccc3C)n2)cc1. The molecule has 29 heavy (non-hydrogen) atoms. The van der Waals surface area contributed by atoms with Crippen LogP contribution in [-0.2, 0) is 20.9 Å². The molecule has 0 bridgehead atoms. The highest BCUT2D eigenvalue weighted by Crippen LogP contribution is 2.18. The van der Waals surface area contributed by atoms with Crippen LogP contribution in [0, 0.1) is 6.92 Å². The van der Waals surface area contributed by atoms with Gasteiger partial charge in [-0.15, -0.1) is 10.2 Å². The molecule has 0 fully saturated rings. The highest BCUT2D eigenvalue weighted by Gasteiger charge is 2.11. The molecular formula is C21H21N5O3. The number of benzene rings is 2. The topological polar surface area (TPSA) is 99.0 Å². The number of hydrogen-bond acceptors (Lipinski definition) is 6. The van der Waals surface area contributed by atoms with Gasteiger partial charge in [-0.3, -0.25) is 4.79 Å². The number of carbonyl (C=O) groups excluding carboxylic acids is 2. The predicted molar refractivity (Wildman–Crippen MR) is 109 cm³/mol. The number of nitrogens with zero attached hydrogens (tertiary/aromatic N) is 4. The number of rotatable bonds is 7. The third-order valence-electron chi connectivity index (χ3n) is 4.02. The first kappa shape index (κ1) is 19.9. The molecule has 1 amide bonds. The second kappa shape index (κ2) is 9.41. The minimum absolute atomic E-state index is 0.0522. The van der Waals surface area contributed by atoms with Crippen LogP contribution in [0.25, 0.3) is 17.5 Å². The molecule has 3 rings (SSSR count). The molecule has 0 spiro atoms. The van der Waals surface area contributed by atoms with Crippen LogP contribution in [0.1, 0.15) is 18.1 Å². The van der Waals surface area contributed by atoms with Crippen LogP contribution in [0.3, 0.4) is 0 Å². The van der Waals surface area contributed by atoms with Crippen LogP contribution in [0.4, 0.5) is 5.69 Å². The summed E-state index contributed by atoms with van der Waals surface area (Å²) in [6, 6.07) is 14.8. The van der Waals surface area contributed by atoms with Gasteiger partial charge in [0, 0.05) is 17.3 Å². The van der Waals surface area contributed by atoms with E-state index < -0.39 is 5.97 Å². The fraction of sp³-hybridized carbons (Fsp3) is 0.190. The maximum Gasteiger partial charge on any atom is 0.330 e. The molecule has 8 heteroatoms. The van der Waals surface area contributed by atoms with E-state index in [0.29, 0.717) is 18.1 Å². The monoisotopic (exact) mass is 391 g/mol. The molecule has 0 saturated carbocycles. The summed E-state index contributed by atoms with van der Waals surface area (Å²) >= 11 is 0. The zero-order valence-electron chi connectivity index (χ0n) is 16.2. The van der Waals surface area contributed by atoms with Gasteiger partial charge in [-0.25, -0.2) is 4.79 Å². The molecule has 3 aromatic rings. The molecular weight excluding hydrogens is 370 g/mol. The van der Waals surface area contributed by atoms with Gasteiger partial charge in [0.1, 0.15) is 6.54 Å². The van der Waals surface area contributed by atoms with E-state index in [1.165, 1.54) is 10.9 Å². The summed E-state index contributed by atoms with van der Waals surface area (Å²) in [5.41, 5.74) is 3.36. The average Bonchev–Trinajstić information content (AvgIpc) is 3.16. The summed E-state index contributed by atoms with van der Waals surface area (Å²) < 4.78 is 4.83. The van der Waals surface area contributed by atoms with E-state index in [4.69, 9.17) is 4.74 Å². The van der Waals surface area contributed by atoms with Crippen molar-refractivity contribution in [2.75, 3.05) is 11.9 Å². The molecule has 1 N–H and O–H groups in total. The van der Waals surface area contributed by atoms with Crippen molar-refractivity contribution in [3.05, 3.63) is 65.7 Å². The maximum atomic E-state index is 12.3. The Hall–Kier alpha value is -3.81. The second-order valence-corrected chi connectivity index (χ2v) is 6.21. The number of nitrogens with one attached hydrogen (secondary N) is 1. The molecule has 0 aliphatic carbocycles. The molecule has 0 radical (unpaired) electrons. The summed E-state index contributed by atoms with van der Waals surface area (Å²) in [6.07, 6.45) is 3.01. The van der Waals surface area contributed by atoms with Gasteiger partial charge in [-0.05, 0) is 48.4 Å². The van der Waals surface area contributed by atoms with E-state index in [1.807, 2.05) is 31.2 Å². The lowest BCUT2D eigenvalue weighted by molar-refractivity contribution is -0.137. The highest BCUT2D eigenvalue weighted by molar-refractivity contribution is 5.91. The molecule has 8 nitrogen and oxygen atoms in total. The van der Waals surface area contributed by atoms with E-state index in [2.05, 4.69) is 20.7 Å².